The maximum Gasteiger partial charge on any atom is 0.427 e. The summed E-state index contributed by atoms with van der Waals surface area (Å²) in [5.74, 6) is 0.506. The number of benzene rings is 1. The first-order valence-electron chi connectivity index (χ1n) is 9.06. The number of rotatable bonds is 3. The smallest absolute Gasteiger partial charge is 0.427 e. The van der Waals surface area contributed by atoms with Crippen molar-refractivity contribution in [2.24, 2.45) is 0 Å². The molecule has 9 heteroatoms. The van der Waals surface area contributed by atoms with Gasteiger partial charge in [0.25, 0.3) is 0 Å². The molecular formula is C20H28N4O5. The number of nitrogens with one attached hydrogen (secondary N) is 1. The molecule has 0 radical (unpaired) electrons. The molecule has 1 aromatic heterocycles. The van der Waals surface area contributed by atoms with Crippen molar-refractivity contribution in [2.45, 2.75) is 52.7 Å². The number of hydrogen-bond donors (Lipinski definition) is 2. The molecule has 0 aliphatic rings. The molecule has 9 nitrogen and oxygen atoms in total. The van der Waals surface area contributed by atoms with E-state index in [1.807, 2.05) is 0 Å². The topological polar surface area (TPSA) is 120 Å². The Labute approximate surface area is 170 Å². The van der Waals surface area contributed by atoms with Crippen molar-refractivity contribution < 1.29 is 23.8 Å². The molecule has 29 heavy (non-hydrogen) atoms. The molecule has 1 aromatic carbocycles. The van der Waals surface area contributed by atoms with Crippen molar-refractivity contribution in [3.05, 3.63) is 24.4 Å². The van der Waals surface area contributed by atoms with E-state index >= 15 is 0 Å². The van der Waals surface area contributed by atoms with Crippen LogP contribution in [0.4, 0.5) is 21.2 Å². The van der Waals surface area contributed by atoms with Gasteiger partial charge in [0.05, 0.1) is 18.5 Å². The molecular weight excluding hydrogens is 376 g/mol. The Morgan fingerprint density at radius 3 is 2.03 bits per heavy atom. The summed E-state index contributed by atoms with van der Waals surface area (Å²) in [5, 5.41) is 0. The third-order valence-electron chi connectivity index (χ3n) is 3.45. The van der Waals surface area contributed by atoms with Crippen LogP contribution in [-0.2, 0) is 9.47 Å². The van der Waals surface area contributed by atoms with Crippen molar-refractivity contribution >= 4 is 23.8 Å². The normalized spacial score (nSPS) is 11.7. The first kappa shape index (κ1) is 22.1. The van der Waals surface area contributed by atoms with Crippen molar-refractivity contribution in [3.8, 4) is 17.0 Å². The zero-order chi connectivity index (χ0) is 22.0. The van der Waals surface area contributed by atoms with Crippen molar-refractivity contribution in [1.82, 2.24) is 9.97 Å². The van der Waals surface area contributed by atoms with Gasteiger partial charge in [-0.15, -0.1) is 4.90 Å². The molecule has 2 aromatic rings. The molecule has 0 atom stereocenters. The largest absolute Gasteiger partial charge is 0.495 e. The van der Waals surface area contributed by atoms with Gasteiger partial charge in [-0.3, -0.25) is 0 Å². The van der Waals surface area contributed by atoms with E-state index in [2.05, 4.69) is 9.97 Å². The highest BCUT2D eigenvalue weighted by atomic mass is 16.6. The highest BCUT2D eigenvalue weighted by Crippen LogP contribution is 2.29. The molecule has 0 bridgehead atoms. The van der Waals surface area contributed by atoms with Crippen molar-refractivity contribution in [1.29, 1.82) is 0 Å². The first-order chi connectivity index (χ1) is 13.3. The van der Waals surface area contributed by atoms with Crippen LogP contribution in [0, 0.1) is 0 Å². The van der Waals surface area contributed by atoms with Gasteiger partial charge in [-0.2, -0.15) is 0 Å². The molecule has 0 unspecified atom stereocenters. The number of hydrogen-bond acceptors (Lipinski definition) is 7. The fourth-order valence-corrected chi connectivity index (χ4v) is 2.33. The number of aromatic nitrogens is 2. The van der Waals surface area contributed by atoms with Gasteiger partial charge in [-0.05, 0) is 59.7 Å². The van der Waals surface area contributed by atoms with Gasteiger partial charge >= 0.3 is 12.2 Å². The number of nitrogens with two attached hydrogens (primary N) is 1. The number of imide groups is 1. The van der Waals surface area contributed by atoms with E-state index in [1.54, 1.807) is 65.9 Å². The van der Waals surface area contributed by atoms with E-state index in [0.29, 0.717) is 22.7 Å². The Kier molecular flexibility index (Phi) is 6.10. The van der Waals surface area contributed by atoms with Crippen molar-refractivity contribution in [2.75, 3.05) is 17.7 Å². The van der Waals surface area contributed by atoms with E-state index < -0.39 is 23.4 Å². The van der Waals surface area contributed by atoms with Gasteiger partial charge in [0.15, 0.2) is 0 Å². The molecule has 0 aliphatic heterocycles. The molecule has 3 N–H and O–H groups in total. The average Bonchev–Trinajstić information content (AvgIpc) is 3.00. The van der Waals surface area contributed by atoms with E-state index in [-0.39, 0.29) is 5.95 Å². The second kappa shape index (κ2) is 8.02. The van der Waals surface area contributed by atoms with Crippen LogP contribution in [0.3, 0.4) is 0 Å². The monoisotopic (exact) mass is 404 g/mol. The number of H-pyrrole nitrogens is 1. The number of methoxy groups -OCH3 is 1. The molecule has 0 saturated carbocycles. The number of ether oxygens (including phenoxy) is 3. The maximum absolute atomic E-state index is 12.7. The number of nitrogens with zero attached hydrogens (tertiary/aromatic N) is 2. The van der Waals surface area contributed by atoms with Crippen LogP contribution in [0.25, 0.3) is 11.3 Å². The quantitative estimate of drug-likeness (QED) is 0.730. The lowest BCUT2D eigenvalue weighted by Gasteiger charge is -2.27. The number of carbonyl (C=O) groups excluding carboxylic acids is 2. The molecule has 1 heterocycles. The zero-order valence-corrected chi connectivity index (χ0v) is 17.8. The number of imidazole rings is 1. The molecule has 0 spiro atoms. The summed E-state index contributed by atoms with van der Waals surface area (Å²) in [4.78, 5) is 33.3. The van der Waals surface area contributed by atoms with Crippen LogP contribution < -0.4 is 15.4 Å². The fraction of sp³-hybridized carbons (Fsp3) is 0.450. The van der Waals surface area contributed by atoms with Crippen LogP contribution >= 0.6 is 0 Å². The number of carbonyl (C=O) groups is 2. The minimum absolute atomic E-state index is 0.0297. The molecule has 0 saturated heterocycles. The summed E-state index contributed by atoms with van der Waals surface area (Å²) in [5.41, 5.74) is 5.93. The Bertz CT molecular complexity index is 865. The van der Waals surface area contributed by atoms with Gasteiger partial charge in [-0.1, -0.05) is 0 Å². The highest BCUT2D eigenvalue weighted by molar-refractivity contribution is 6.08. The lowest BCUT2D eigenvalue weighted by atomic mass is 10.1. The summed E-state index contributed by atoms with van der Waals surface area (Å²) >= 11 is 0. The standard InChI is InChI=1S/C20H28N4O5/c1-19(2,3)28-17(25)24(18(26)29-20(4,5)6)16-22-11-14(23-16)12-8-9-15(27-7)13(21)10-12/h8-11H,21H2,1-7H3,(H,22,23). The molecule has 0 aliphatic carbocycles. The third kappa shape index (κ3) is 5.87. The van der Waals surface area contributed by atoms with E-state index in [4.69, 9.17) is 19.9 Å². The van der Waals surface area contributed by atoms with Gasteiger partial charge in [0, 0.05) is 11.8 Å². The highest BCUT2D eigenvalue weighted by Gasteiger charge is 2.34. The van der Waals surface area contributed by atoms with E-state index in [1.165, 1.54) is 7.11 Å². The Hall–Kier alpha value is -3.23. The maximum atomic E-state index is 12.7. The van der Waals surface area contributed by atoms with Crippen LogP contribution in [-0.4, -0.2) is 40.5 Å². The summed E-state index contributed by atoms with van der Waals surface area (Å²) < 4.78 is 15.8. The second-order valence-corrected chi connectivity index (χ2v) is 8.36. The number of amides is 2. The van der Waals surface area contributed by atoms with Crippen molar-refractivity contribution in [3.63, 3.8) is 0 Å². The lowest BCUT2D eigenvalue weighted by Crippen LogP contribution is -2.44. The Morgan fingerprint density at radius 2 is 1.59 bits per heavy atom. The summed E-state index contributed by atoms with van der Waals surface area (Å²) in [7, 11) is 1.53. The number of nitrogen functional groups attached to an aromatic ring is 1. The number of anilines is 2. The predicted molar refractivity (Wildman–Crippen MR) is 110 cm³/mol. The lowest BCUT2D eigenvalue weighted by molar-refractivity contribution is 0.0427. The Balaban J connectivity index is 2.40. The van der Waals surface area contributed by atoms with Crippen LogP contribution in [0.2, 0.25) is 0 Å². The zero-order valence-electron chi connectivity index (χ0n) is 17.8. The second-order valence-electron chi connectivity index (χ2n) is 8.36. The predicted octanol–water partition coefficient (Wildman–Crippen LogP) is 4.34. The molecule has 2 rings (SSSR count). The van der Waals surface area contributed by atoms with Crippen LogP contribution in [0.15, 0.2) is 24.4 Å². The molecule has 158 valence electrons. The summed E-state index contributed by atoms with van der Waals surface area (Å²) in [6.45, 7) is 10.2. The minimum atomic E-state index is -0.901. The SMILES string of the molecule is COc1ccc(-c2c[nH]c(N(C(=O)OC(C)(C)C)C(=O)OC(C)(C)C)n2)cc1N. The molecule has 2 amide bonds. The first-order valence-corrected chi connectivity index (χ1v) is 9.06. The van der Waals surface area contributed by atoms with Crippen LogP contribution in [0.1, 0.15) is 41.5 Å². The third-order valence-corrected chi connectivity index (χ3v) is 3.45. The summed E-state index contributed by atoms with van der Waals surface area (Å²) in [6, 6.07) is 5.16. The average molecular weight is 404 g/mol. The van der Waals surface area contributed by atoms with Gasteiger partial charge in [0.2, 0.25) is 5.95 Å². The Morgan fingerprint density at radius 1 is 1.03 bits per heavy atom. The van der Waals surface area contributed by atoms with E-state index in [9.17, 15) is 9.59 Å². The van der Waals surface area contributed by atoms with E-state index in [0.717, 1.165) is 4.90 Å². The van der Waals surface area contributed by atoms with Gasteiger partial charge in [0.1, 0.15) is 17.0 Å². The summed E-state index contributed by atoms with van der Waals surface area (Å²) in [6.07, 6.45) is -0.248. The number of aromatic amines is 1. The van der Waals surface area contributed by atoms with Crippen LogP contribution in [0.5, 0.6) is 5.75 Å². The fourth-order valence-electron chi connectivity index (χ4n) is 2.33. The molecule has 0 fully saturated rings. The minimum Gasteiger partial charge on any atom is -0.495 e. The van der Waals surface area contributed by atoms with Gasteiger partial charge < -0.3 is 24.9 Å². The van der Waals surface area contributed by atoms with Gasteiger partial charge in [-0.25, -0.2) is 14.6 Å².